The molecular formula is C70H55BN6OPt-2. The number of hydrogen-bond acceptors (Lipinski definition) is 4. The van der Waals surface area contributed by atoms with Crippen molar-refractivity contribution < 1.29 is 30.4 Å². The molecule has 3 aromatic heterocycles. The molecule has 0 aliphatic carbocycles. The molecule has 0 spiro atoms. The van der Waals surface area contributed by atoms with Crippen molar-refractivity contribution in [2.45, 2.75) is 52.4 Å². The third kappa shape index (κ3) is 8.67. The first-order valence-electron chi connectivity index (χ1n) is 26.8. The molecule has 9 heteroatoms. The fourth-order valence-electron chi connectivity index (χ4n) is 11.7. The average molecular weight is 1200 g/mol. The molecule has 12 aromatic rings. The molecule has 2 aliphatic heterocycles. The molecule has 14 rings (SSSR count). The first kappa shape index (κ1) is 49.8. The third-order valence-electron chi connectivity index (χ3n) is 15.5. The molecule has 7 nitrogen and oxygen atoms in total. The van der Waals surface area contributed by atoms with Crippen LogP contribution in [0.4, 0.5) is 34.1 Å². The van der Waals surface area contributed by atoms with Crippen molar-refractivity contribution in [1.82, 2.24) is 14.1 Å². The molecule has 0 amide bonds. The van der Waals surface area contributed by atoms with Gasteiger partial charge in [-0.25, -0.2) is 4.98 Å². The minimum Gasteiger partial charge on any atom is -0.510 e. The van der Waals surface area contributed by atoms with Crippen molar-refractivity contribution in [3.63, 3.8) is 0 Å². The van der Waals surface area contributed by atoms with E-state index in [-0.39, 0.29) is 38.6 Å². The Morgan fingerprint density at radius 2 is 1.14 bits per heavy atom. The first-order valence-corrected chi connectivity index (χ1v) is 26.8. The normalized spacial score (nSPS) is 12.8. The van der Waals surface area contributed by atoms with Gasteiger partial charge < -0.3 is 23.7 Å². The molecule has 0 radical (unpaired) electrons. The number of ether oxygens (including phenoxy) is 1. The van der Waals surface area contributed by atoms with E-state index in [1.165, 1.54) is 38.9 Å². The molecule has 0 N–H and O–H groups in total. The summed E-state index contributed by atoms with van der Waals surface area (Å²) >= 11 is 0. The van der Waals surface area contributed by atoms with Gasteiger partial charge in [0.15, 0.2) is 0 Å². The van der Waals surface area contributed by atoms with Crippen molar-refractivity contribution >= 4 is 79.0 Å². The Labute approximate surface area is 477 Å². The van der Waals surface area contributed by atoms with Crippen LogP contribution in [0.1, 0.15) is 52.7 Å². The van der Waals surface area contributed by atoms with Gasteiger partial charge >= 0.3 is 0 Å². The number of rotatable bonds is 8. The second-order valence-corrected chi connectivity index (χ2v) is 22.6. The maximum absolute atomic E-state index is 6.70. The van der Waals surface area contributed by atoms with Crippen LogP contribution in [0.2, 0.25) is 0 Å². The topological polar surface area (TPSA) is 42.3 Å². The van der Waals surface area contributed by atoms with Gasteiger partial charge in [-0.1, -0.05) is 144 Å². The van der Waals surface area contributed by atoms with Crippen LogP contribution < -0.4 is 35.5 Å². The number of benzene rings is 9. The monoisotopic (exact) mass is 1200 g/mol. The number of hydrogen-bond donors (Lipinski definition) is 0. The molecule has 0 atom stereocenters. The van der Waals surface area contributed by atoms with E-state index < -0.39 is 0 Å². The molecule has 386 valence electrons. The number of imidazole rings is 1. The largest absolute Gasteiger partial charge is 0.510 e. The number of fused-ring (bicyclic) bond motifs is 7. The van der Waals surface area contributed by atoms with Crippen molar-refractivity contribution in [3.8, 4) is 39.8 Å². The van der Waals surface area contributed by atoms with Gasteiger partial charge in [-0.15, -0.1) is 29.7 Å². The quantitative estimate of drug-likeness (QED) is 0.0864. The summed E-state index contributed by atoms with van der Waals surface area (Å²) in [6, 6.07) is 81.5. The zero-order valence-electron chi connectivity index (χ0n) is 44.8. The zero-order valence-corrected chi connectivity index (χ0v) is 47.1. The van der Waals surface area contributed by atoms with Crippen LogP contribution >= 0.6 is 0 Å². The summed E-state index contributed by atoms with van der Waals surface area (Å²) in [4.78, 5) is 9.98. The van der Waals surface area contributed by atoms with Gasteiger partial charge in [-0.05, 0) is 139 Å². The minimum atomic E-state index is -0.0939. The van der Waals surface area contributed by atoms with Crippen molar-refractivity contribution in [1.29, 1.82) is 0 Å². The fourth-order valence-corrected chi connectivity index (χ4v) is 11.7. The van der Waals surface area contributed by atoms with E-state index in [2.05, 4.69) is 256 Å². The Balaban J connectivity index is 0.00000591. The van der Waals surface area contributed by atoms with E-state index in [1.54, 1.807) is 0 Å². The molecule has 5 heterocycles. The van der Waals surface area contributed by atoms with E-state index in [4.69, 9.17) is 9.72 Å². The molecule has 0 saturated heterocycles. The van der Waals surface area contributed by atoms with Crippen LogP contribution in [0.5, 0.6) is 11.5 Å². The van der Waals surface area contributed by atoms with Gasteiger partial charge in [-0.2, -0.15) is 18.2 Å². The number of para-hydroxylation sites is 4. The van der Waals surface area contributed by atoms with Crippen LogP contribution in [-0.4, -0.2) is 20.8 Å². The standard InChI is InChI=1S/C70H55BN6O.Pt/c1-69(2,3)49-19-17-24-53(42-49)73-37-38-74(46-73)54-25-18-26-55(44-54)78-56-32-33-57-58-39-47(31-34-61(58)77(64(57)45-56)67-43-50(35-36-72-67)70(4,5)6)48-40-65-68-66(41-48)76(52-22-11-8-12-23-52)63-30-16-14-28-60(63)71(68)59-27-13-15-29-62(59)75(65)51-20-9-7-10-21-51;/h7-43H,1-6H3;/q-2;. The smallest absolute Gasteiger partial charge is 0.267 e. The third-order valence-corrected chi connectivity index (χ3v) is 15.5. The number of anilines is 6. The average Bonchev–Trinajstić information content (AvgIpc) is 3.77. The predicted octanol–water partition coefficient (Wildman–Crippen LogP) is 14.8. The van der Waals surface area contributed by atoms with E-state index in [1.807, 2.05) is 52.0 Å². The van der Waals surface area contributed by atoms with Gasteiger partial charge in [0.1, 0.15) is 5.82 Å². The maximum Gasteiger partial charge on any atom is 0.267 e. The fraction of sp³-hybridized carbons (Fsp3) is 0.114. The van der Waals surface area contributed by atoms with Crippen LogP contribution in [0, 0.1) is 18.5 Å². The maximum atomic E-state index is 6.70. The second-order valence-electron chi connectivity index (χ2n) is 22.6. The van der Waals surface area contributed by atoms with E-state index in [9.17, 15) is 0 Å². The van der Waals surface area contributed by atoms with Crippen LogP contribution in [-0.2, 0) is 31.9 Å². The first-order chi connectivity index (χ1) is 37.9. The summed E-state index contributed by atoms with van der Waals surface area (Å²) in [5.74, 6) is 1.96. The van der Waals surface area contributed by atoms with Gasteiger partial charge in [0.25, 0.3) is 13.0 Å². The van der Waals surface area contributed by atoms with Gasteiger partial charge in [0.2, 0.25) is 0 Å². The molecule has 0 fully saturated rings. The Morgan fingerprint density at radius 1 is 0.519 bits per heavy atom. The Kier molecular flexibility index (Phi) is 12.2. The van der Waals surface area contributed by atoms with Crippen LogP contribution in [0.15, 0.2) is 225 Å². The molecule has 0 bridgehead atoms. The Hall–Kier alpha value is -8.71. The summed E-state index contributed by atoms with van der Waals surface area (Å²) < 4.78 is 12.9. The summed E-state index contributed by atoms with van der Waals surface area (Å²) in [6.45, 7) is 13.5. The Bertz CT molecular complexity index is 4190. The summed E-state index contributed by atoms with van der Waals surface area (Å²) in [5, 5.41) is 2.13. The number of pyridine rings is 1. The minimum absolute atomic E-state index is 0. The molecule has 9 aromatic carbocycles. The Morgan fingerprint density at radius 3 is 1.81 bits per heavy atom. The molecular weight excluding hydrogens is 1150 g/mol. The second kappa shape index (κ2) is 19.3. The number of aromatic nitrogens is 4. The molecule has 2 aliphatic rings. The predicted molar refractivity (Wildman–Crippen MR) is 319 cm³/mol. The molecule has 0 unspecified atom stereocenters. The van der Waals surface area contributed by atoms with E-state index in [0.717, 1.165) is 72.9 Å². The number of nitrogens with zero attached hydrogens (tertiary/aromatic N) is 6. The van der Waals surface area contributed by atoms with Crippen molar-refractivity contribution in [2.24, 2.45) is 0 Å². The van der Waals surface area contributed by atoms with Crippen LogP contribution in [0.25, 0.3) is 50.1 Å². The summed E-state index contributed by atoms with van der Waals surface area (Å²) in [7, 11) is 0. The molecule has 0 saturated carbocycles. The summed E-state index contributed by atoms with van der Waals surface area (Å²) in [5.41, 5.74) is 19.1. The van der Waals surface area contributed by atoms with Gasteiger partial charge in [0, 0.05) is 90.8 Å². The SMILES string of the molecule is CC(C)(C)c1cccc(-[n+]2[c-]n(-c3[c-]c(Oc4[c-]c5c(cc4)c4cc(-c6cc7c8c(c6)N(c6ccccc6)c6ccccc6B8c6ccccc6N7c6ccccc6)ccc4n5-c4cc(C(C)(C)C)ccn4)ccc3)cc2)c1.[Pt]. The van der Waals surface area contributed by atoms with Crippen molar-refractivity contribution in [3.05, 3.63) is 254 Å². The molecule has 79 heavy (non-hydrogen) atoms. The summed E-state index contributed by atoms with van der Waals surface area (Å²) in [6.07, 6.45) is 9.43. The zero-order chi connectivity index (χ0) is 52.9. The van der Waals surface area contributed by atoms with Gasteiger partial charge in [0.05, 0.1) is 5.69 Å². The van der Waals surface area contributed by atoms with Gasteiger partial charge in [-0.3, -0.25) is 4.57 Å². The van der Waals surface area contributed by atoms with E-state index >= 15 is 0 Å². The van der Waals surface area contributed by atoms with Crippen LogP contribution in [0.3, 0.4) is 0 Å². The van der Waals surface area contributed by atoms with E-state index in [0.29, 0.717) is 11.5 Å². The van der Waals surface area contributed by atoms with Crippen molar-refractivity contribution in [2.75, 3.05) is 9.80 Å².